The Balaban J connectivity index is 2.60. The van der Waals surface area contributed by atoms with Crippen LogP contribution in [0.3, 0.4) is 0 Å². The van der Waals surface area contributed by atoms with E-state index in [1.165, 1.54) is 10.0 Å². The van der Waals surface area contributed by atoms with Crippen molar-refractivity contribution in [3.63, 3.8) is 0 Å². The summed E-state index contributed by atoms with van der Waals surface area (Å²) in [7, 11) is 1.75. The van der Waals surface area contributed by atoms with Crippen LogP contribution in [0.2, 0.25) is 0 Å². The lowest BCUT2D eigenvalue weighted by Crippen LogP contribution is -2.18. The van der Waals surface area contributed by atoms with Gasteiger partial charge in [-0.25, -0.2) is 0 Å². The van der Waals surface area contributed by atoms with Gasteiger partial charge < -0.3 is 4.74 Å². The maximum Gasteiger partial charge on any atom is 0.0464 e. The fraction of sp³-hybridized carbons (Fsp3) is 0.571. The molecular weight excluding hydrogens is 300 g/mol. The van der Waals surface area contributed by atoms with Crippen LogP contribution in [0.25, 0.3) is 0 Å². The topological polar surface area (TPSA) is 9.23 Å². The van der Waals surface area contributed by atoms with Crippen LogP contribution in [0.15, 0.2) is 28.7 Å². The van der Waals surface area contributed by atoms with Crippen molar-refractivity contribution in [3.05, 3.63) is 34.3 Å². The molecule has 0 saturated carbocycles. The van der Waals surface area contributed by atoms with Crippen molar-refractivity contribution >= 4 is 27.5 Å². The molecule has 0 N–H and O–H groups in total. The van der Waals surface area contributed by atoms with Gasteiger partial charge in [-0.2, -0.15) is 0 Å². The van der Waals surface area contributed by atoms with Crippen molar-refractivity contribution in [2.75, 3.05) is 19.6 Å². The first kappa shape index (κ1) is 15.0. The molecule has 1 nitrogen and oxygen atoms in total. The minimum absolute atomic E-state index is 0.505. The number of methoxy groups -OCH3 is 1. The zero-order valence-corrected chi connectivity index (χ0v) is 12.8. The lowest BCUT2D eigenvalue weighted by Gasteiger charge is -2.22. The highest BCUT2D eigenvalue weighted by Crippen LogP contribution is 2.25. The van der Waals surface area contributed by atoms with E-state index in [0.717, 1.165) is 19.4 Å². The van der Waals surface area contributed by atoms with E-state index in [1.807, 2.05) is 6.07 Å². The molecule has 0 bridgehead atoms. The van der Waals surface area contributed by atoms with Crippen molar-refractivity contribution in [3.8, 4) is 0 Å². The summed E-state index contributed by atoms with van der Waals surface area (Å²) < 4.78 is 6.30. The predicted octanol–water partition coefficient (Wildman–Crippen LogP) is 4.52. The maximum atomic E-state index is 6.09. The summed E-state index contributed by atoms with van der Waals surface area (Å²) in [6, 6.07) is 8.36. The monoisotopic (exact) mass is 318 g/mol. The van der Waals surface area contributed by atoms with Crippen molar-refractivity contribution in [1.29, 1.82) is 0 Å². The standard InChI is InChI=1S/C14H20BrClO/c1-11(7-8-17-2)13(10-16)9-12-5-3-4-6-14(12)15/h3-6,11,13H,7-10H2,1-2H3. The minimum atomic E-state index is 0.505. The summed E-state index contributed by atoms with van der Waals surface area (Å²) in [6.45, 7) is 3.06. The van der Waals surface area contributed by atoms with Gasteiger partial charge in [0.25, 0.3) is 0 Å². The summed E-state index contributed by atoms with van der Waals surface area (Å²) >= 11 is 9.68. The zero-order valence-electron chi connectivity index (χ0n) is 10.5. The highest BCUT2D eigenvalue weighted by atomic mass is 79.9. The van der Waals surface area contributed by atoms with Gasteiger partial charge in [0.05, 0.1) is 0 Å². The first-order valence-corrected chi connectivity index (χ1v) is 7.30. The van der Waals surface area contributed by atoms with Crippen molar-refractivity contribution < 1.29 is 4.74 Å². The van der Waals surface area contributed by atoms with Crippen LogP contribution < -0.4 is 0 Å². The highest BCUT2D eigenvalue weighted by Gasteiger charge is 2.17. The van der Waals surface area contributed by atoms with Crippen molar-refractivity contribution in [2.45, 2.75) is 19.8 Å². The number of rotatable bonds is 7. The molecule has 1 aromatic rings. The normalized spacial score (nSPS) is 14.6. The molecule has 0 amide bonds. The summed E-state index contributed by atoms with van der Waals surface area (Å²) in [5, 5.41) is 0. The van der Waals surface area contributed by atoms with E-state index in [2.05, 4.69) is 41.1 Å². The Morgan fingerprint density at radius 2 is 2.06 bits per heavy atom. The second-order valence-corrected chi connectivity index (χ2v) is 5.63. The summed E-state index contributed by atoms with van der Waals surface area (Å²) in [4.78, 5) is 0. The van der Waals surface area contributed by atoms with Crippen molar-refractivity contribution in [2.24, 2.45) is 11.8 Å². The third-order valence-electron chi connectivity index (χ3n) is 3.22. The molecule has 0 heterocycles. The Kier molecular flexibility index (Phi) is 7.17. The smallest absolute Gasteiger partial charge is 0.0464 e. The lowest BCUT2D eigenvalue weighted by molar-refractivity contribution is 0.168. The van der Waals surface area contributed by atoms with E-state index in [0.29, 0.717) is 17.7 Å². The number of benzene rings is 1. The van der Waals surface area contributed by atoms with Crippen LogP contribution in [-0.4, -0.2) is 19.6 Å². The van der Waals surface area contributed by atoms with Gasteiger partial charge in [-0.3, -0.25) is 0 Å². The molecule has 1 aromatic carbocycles. The second kappa shape index (κ2) is 8.12. The Morgan fingerprint density at radius 1 is 1.35 bits per heavy atom. The third-order valence-corrected chi connectivity index (χ3v) is 4.39. The molecule has 0 aliphatic carbocycles. The second-order valence-electron chi connectivity index (χ2n) is 4.47. The predicted molar refractivity (Wildman–Crippen MR) is 77.7 cm³/mol. The summed E-state index contributed by atoms with van der Waals surface area (Å²) in [5.74, 6) is 1.79. The van der Waals surface area contributed by atoms with Gasteiger partial charge in [0.2, 0.25) is 0 Å². The Labute approximate surface area is 118 Å². The molecule has 96 valence electrons. The number of ether oxygens (including phenoxy) is 1. The molecule has 0 spiro atoms. The van der Waals surface area contributed by atoms with Crippen LogP contribution in [-0.2, 0) is 11.2 Å². The molecule has 0 aliphatic rings. The number of hydrogen-bond acceptors (Lipinski definition) is 1. The zero-order chi connectivity index (χ0) is 12.7. The summed E-state index contributed by atoms with van der Waals surface area (Å²) in [6.07, 6.45) is 2.09. The van der Waals surface area contributed by atoms with Crippen molar-refractivity contribution in [1.82, 2.24) is 0 Å². The van der Waals surface area contributed by atoms with Gasteiger partial charge in [0, 0.05) is 24.1 Å². The van der Waals surface area contributed by atoms with Crippen LogP contribution in [0.5, 0.6) is 0 Å². The molecule has 0 radical (unpaired) electrons. The number of alkyl halides is 1. The van der Waals surface area contributed by atoms with Crippen LogP contribution in [0, 0.1) is 11.8 Å². The summed E-state index contributed by atoms with van der Waals surface area (Å²) in [5.41, 5.74) is 1.34. The lowest BCUT2D eigenvalue weighted by atomic mass is 9.87. The average Bonchev–Trinajstić information content (AvgIpc) is 2.35. The molecule has 1 rings (SSSR count). The molecule has 0 aromatic heterocycles. The first-order valence-electron chi connectivity index (χ1n) is 5.97. The first-order chi connectivity index (χ1) is 8.19. The van der Waals surface area contributed by atoms with E-state index in [9.17, 15) is 0 Å². The van der Waals surface area contributed by atoms with Gasteiger partial charge in [0.15, 0.2) is 0 Å². The third kappa shape index (κ3) is 4.99. The van der Waals surface area contributed by atoms with Gasteiger partial charge >= 0.3 is 0 Å². The molecule has 0 fully saturated rings. The Morgan fingerprint density at radius 3 is 2.65 bits per heavy atom. The maximum absolute atomic E-state index is 6.09. The Hall–Kier alpha value is -0.0500. The molecule has 3 heteroatoms. The van der Waals surface area contributed by atoms with E-state index >= 15 is 0 Å². The van der Waals surface area contributed by atoms with E-state index in [-0.39, 0.29) is 0 Å². The fourth-order valence-electron chi connectivity index (χ4n) is 1.89. The van der Waals surface area contributed by atoms with Crippen LogP contribution in [0.1, 0.15) is 18.9 Å². The van der Waals surface area contributed by atoms with Gasteiger partial charge in [-0.05, 0) is 36.3 Å². The Bertz CT molecular complexity index is 330. The minimum Gasteiger partial charge on any atom is -0.385 e. The highest BCUT2D eigenvalue weighted by molar-refractivity contribution is 9.10. The molecule has 2 atom stereocenters. The van der Waals surface area contributed by atoms with E-state index < -0.39 is 0 Å². The molecule has 0 saturated heterocycles. The van der Waals surface area contributed by atoms with Crippen LogP contribution in [0.4, 0.5) is 0 Å². The van der Waals surface area contributed by atoms with E-state index in [1.54, 1.807) is 7.11 Å². The fourth-order valence-corrected chi connectivity index (χ4v) is 2.75. The van der Waals surface area contributed by atoms with Crippen LogP contribution >= 0.6 is 27.5 Å². The molecule has 2 unspecified atom stereocenters. The van der Waals surface area contributed by atoms with Gasteiger partial charge in [-0.15, -0.1) is 11.6 Å². The van der Waals surface area contributed by atoms with E-state index in [4.69, 9.17) is 16.3 Å². The number of halogens is 2. The average molecular weight is 320 g/mol. The molecular formula is C14H20BrClO. The van der Waals surface area contributed by atoms with Gasteiger partial charge in [0.1, 0.15) is 0 Å². The largest absolute Gasteiger partial charge is 0.385 e. The quantitative estimate of drug-likeness (QED) is 0.671. The number of hydrogen-bond donors (Lipinski definition) is 0. The molecule has 17 heavy (non-hydrogen) atoms. The van der Waals surface area contributed by atoms with Gasteiger partial charge in [-0.1, -0.05) is 41.1 Å². The SMILES string of the molecule is COCCC(C)C(CCl)Cc1ccccc1Br. The molecule has 0 aliphatic heterocycles.